The van der Waals surface area contributed by atoms with Gasteiger partial charge < -0.3 is 9.47 Å². The molecule has 5 heteroatoms. The lowest BCUT2D eigenvalue weighted by atomic mass is 10.1. The van der Waals surface area contributed by atoms with Crippen LogP contribution in [0.3, 0.4) is 0 Å². The summed E-state index contributed by atoms with van der Waals surface area (Å²) in [4.78, 5) is 11.6. The maximum Gasteiger partial charge on any atom is 0.337 e. The lowest BCUT2D eigenvalue weighted by molar-refractivity contribution is 0.0601. The van der Waals surface area contributed by atoms with Crippen molar-refractivity contribution in [2.75, 3.05) is 20.8 Å². The molecule has 1 aromatic carbocycles. The third-order valence-corrected chi connectivity index (χ3v) is 2.62. The number of rotatable bonds is 5. The van der Waals surface area contributed by atoms with Crippen molar-refractivity contribution in [3.8, 4) is 0 Å². The highest BCUT2D eigenvalue weighted by atomic mass is 16.5. The molecular weight excluding hydrogens is 232 g/mol. The third-order valence-electron chi connectivity index (χ3n) is 2.62. The molecule has 0 aliphatic carbocycles. The molecule has 0 amide bonds. The second kappa shape index (κ2) is 5.64. The molecule has 0 aliphatic rings. The van der Waals surface area contributed by atoms with Crippen molar-refractivity contribution in [3.05, 3.63) is 29.9 Å². The van der Waals surface area contributed by atoms with Crippen molar-refractivity contribution >= 4 is 16.9 Å². The largest absolute Gasteiger partial charge is 0.465 e. The molecule has 2 rings (SSSR count). The molecule has 0 aliphatic heterocycles. The van der Waals surface area contributed by atoms with Crippen LogP contribution in [0.2, 0.25) is 0 Å². The number of carbonyl (C=O) groups excluding carboxylic acids is 1. The van der Waals surface area contributed by atoms with E-state index in [4.69, 9.17) is 7.48 Å². The monoisotopic (exact) mass is 250 g/mol. The van der Waals surface area contributed by atoms with Gasteiger partial charge in [-0.3, -0.25) is 4.68 Å². The van der Waals surface area contributed by atoms with Gasteiger partial charge in [0.25, 0.3) is 0 Å². The Balaban J connectivity index is 2.48. The molecule has 1 aromatic heterocycles. The van der Waals surface area contributed by atoms with Crippen LogP contribution in [0.5, 0.6) is 0 Å². The van der Waals surface area contributed by atoms with Crippen molar-refractivity contribution in [1.82, 2.24) is 9.78 Å². The SMILES string of the molecule is [2H]c1cc(C(=O)OC)cc2c1c([2H])nn2CCCOC. The summed E-state index contributed by atoms with van der Waals surface area (Å²) < 4.78 is 27.0. The summed E-state index contributed by atoms with van der Waals surface area (Å²) in [5, 5.41) is 4.54. The molecule has 0 saturated carbocycles. The first-order valence-electron chi connectivity index (χ1n) is 6.63. The van der Waals surface area contributed by atoms with Crippen LogP contribution >= 0.6 is 0 Å². The zero-order valence-electron chi connectivity index (χ0n) is 12.4. The maximum absolute atomic E-state index is 11.6. The number of carbonyl (C=O) groups is 1. The molecule has 0 spiro atoms. The first kappa shape index (κ1) is 10.1. The van der Waals surface area contributed by atoms with E-state index in [1.807, 2.05) is 0 Å². The fourth-order valence-electron chi connectivity index (χ4n) is 1.71. The number of hydrogen-bond donors (Lipinski definition) is 0. The Morgan fingerprint density at radius 3 is 3.11 bits per heavy atom. The van der Waals surface area contributed by atoms with E-state index in [2.05, 4.69) is 9.84 Å². The Bertz CT molecular complexity index is 640. The molecule has 2 aromatic rings. The summed E-state index contributed by atoms with van der Waals surface area (Å²) in [5.41, 5.74) is 0.886. The number of fused-ring (bicyclic) bond motifs is 1. The van der Waals surface area contributed by atoms with Crippen LogP contribution < -0.4 is 0 Å². The summed E-state index contributed by atoms with van der Waals surface area (Å²) >= 11 is 0. The Morgan fingerprint density at radius 1 is 1.56 bits per heavy atom. The van der Waals surface area contributed by atoms with Crippen molar-refractivity contribution in [1.29, 1.82) is 0 Å². The average molecular weight is 250 g/mol. The molecule has 0 saturated heterocycles. The van der Waals surface area contributed by atoms with Gasteiger partial charge in [0, 0.05) is 25.6 Å². The van der Waals surface area contributed by atoms with E-state index >= 15 is 0 Å². The minimum atomic E-state index is -0.503. The molecule has 18 heavy (non-hydrogen) atoms. The number of hydrogen-bond acceptors (Lipinski definition) is 4. The molecule has 0 atom stereocenters. The van der Waals surface area contributed by atoms with Crippen molar-refractivity contribution in [2.24, 2.45) is 0 Å². The summed E-state index contributed by atoms with van der Waals surface area (Å²) in [6, 6.07) is 3.11. The lowest BCUT2D eigenvalue weighted by Crippen LogP contribution is -2.04. The lowest BCUT2D eigenvalue weighted by Gasteiger charge is -2.04. The zero-order valence-corrected chi connectivity index (χ0v) is 10.4. The normalized spacial score (nSPS) is 12.3. The number of aromatic nitrogens is 2. The van der Waals surface area contributed by atoms with Gasteiger partial charge in [0.1, 0.15) is 0 Å². The number of ether oxygens (including phenoxy) is 2. The highest BCUT2D eigenvalue weighted by Gasteiger charge is 2.09. The van der Waals surface area contributed by atoms with Crippen LogP contribution in [0.25, 0.3) is 10.9 Å². The number of esters is 1. The zero-order chi connectivity index (χ0) is 14.7. The molecular formula is C13H16N2O3. The first-order chi connectivity index (χ1) is 9.58. The Morgan fingerprint density at radius 2 is 2.39 bits per heavy atom. The van der Waals surface area contributed by atoms with Crippen LogP contribution in [0, 0.1) is 0 Å². The molecule has 5 nitrogen and oxygen atoms in total. The maximum atomic E-state index is 11.6. The fraction of sp³-hybridized carbons (Fsp3) is 0.385. The number of methoxy groups -OCH3 is 2. The molecule has 1 heterocycles. The average Bonchev–Trinajstić information content (AvgIpc) is 2.75. The Hall–Kier alpha value is -1.88. The van der Waals surface area contributed by atoms with Gasteiger partial charge in [-0.1, -0.05) is 6.04 Å². The van der Waals surface area contributed by atoms with Gasteiger partial charge in [0.15, 0.2) is 0 Å². The van der Waals surface area contributed by atoms with Crippen LogP contribution in [-0.2, 0) is 16.0 Å². The van der Waals surface area contributed by atoms with E-state index in [9.17, 15) is 4.79 Å². The predicted molar refractivity (Wildman–Crippen MR) is 67.6 cm³/mol. The number of aryl methyl sites for hydroxylation is 1. The van der Waals surface area contributed by atoms with Gasteiger partial charge >= 0.3 is 5.97 Å². The van der Waals surface area contributed by atoms with E-state index in [1.54, 1.807) is 17.9 Å². The molecule has 0 unspecified atom stereocenters. The van der Waals surface area contributed by atoms with Gasteiger partial charge in [-0.25, -0.2) is 4.79 Å². The van der Waals surface area contributed by atoms with Gasteiger partial charge in [-0.05, 0) is 18.6 Å². The van der Waals surface area contributed by atoms with E-state index < -0.39 is 5.97 Å². The second-order valence-corrected chi connectivity index (χ2v) is 3.82. The first-order valence-corrected chi connectivity index (χ1v) is 5.63. The van der Waals surface area contributed by atoms with Crippen molar-refractivity contribution in [2.45, 2.75) is 13.0 Å². The minimum Gasteiger partial charge on any atom is -0.465 e. The predicted octanol–water partition coefficient (Wildman–Crippen LogP) is 1.86. The number of nitrogens with zero attached hydrogens (tertiary/aromatic N) is 2. The van der Waals surface area contributed by atoms with Crippen LogP contribution in [0.1, 0.15) is 19.5 Å². The van der Waals surface area contributed by atoms with Crippen LogP contribution in [0.15, 0.2) is 24.3 Å². The van der Waals surface area contributed by atoms with E-state index in [0.29, 0.717) is 24.1 Å². The van der Waals surface area contributed by atoms with Crippen molar-refractivity contribution < 1.29 is 17.0 Å². The Labute approximate surface area is 108 Å². The molecule has 96 valence electrons. The third kappa shape index (κ3) is 2.51. The molecule has 0 bridgehead atoms. The van der Waals surface area contributed by atoms with E-state index in [0.717, 1.165) is 6.42 Å². The smallest absolute Gasteiger partial charge is 0.337 e. The van der Waals surface area contributed by atoms with Gasteiger partial charge in [-0.15, -0.1) is 0 Å². The van der Waals surface area contributed by atoms with Crippen LogP contribution in [-0.4, -0.2) is 36.6 Å². The highest BCUT2D eigenvalue weighted by molar-refractivity contribution is 5.94. The minimum absolute atomic E-state index is 0.0406. The van der Waals surface area contributed by atoms with Crippen molar-refractivity contribution in [3.63, 3.8) is 0 Å². The van der Waals surface area contributed by atoms with E-state index in [1.165, 1.54) is 13.2 Å². The topological polar surface area (TPSA) is 53.3 Å². The van der Waals surface area contributed by atoms with E-state index in [-0.39, 0.29) is 17.8 Å². The van der Waals surface area contributed by atoms with Gasteiger partial charge in [-0.2, -0.15) is 5.10 Å². The molecule has 0 N–H and O–H groups in total. The summed E-state index contributed by atoms with van der Waals surface area (Å²) in [6.07, 6.45) is 0.779. The number of benzene rings is 1. The summed E-state index contributed by atoms with van der Waals surface area (Å²) in [6.45, 7) is 1.15. The second-order valence-electron chi connectivity index (χ2n) is 3.82. The quantitative estimate of drug-likeness (QED) is 0.600. The standard InChI is InChI=1S/C13H16N2O3/c1-17-7-3-6-15-12-8-10(13(16)18-2)4-5-11(12)9-14-15/h4-5,8-9H,3,6-7H2,1-2H3/i5D,9D. The van der Waals surface area contributed by atoms with Crippen LogP contribution in [0.4, 0.5) is 0 Å². The highest BCUT2D eigenvalue weighted by Crippen LogP contribution is 2.16. The molecule has 0 radical (unpaired) electrons. The summed E-state index contributed by atoms with van der Waals surface area (Å²) in [7, 11) is 2.91. The Kier molecular flexibility index (Phi) is 3.16. The fourth-order valence-corrected chi connectivity index (χ4v) is 1.71. The van der Waals surface area contributed by atoms with Gasteiger partial charge in [0.05, 0.1) is 27.1 Å². The van der Waals surface area contributed by atoms with Gasteiger partial charge in [0.2, 0.25) is 0 Å². The molecule has 0 fully saturated rings. The summed E-state index contributed by atoms with van der Waals surface area (Å²) in [5.74, 6) is -0.503.